The predicted molar refractivity (Wildman–Crippen MR) is 60.2 cm³/mol. The summed E-state index contributed by atoms with van der Waals surface area (Å²) in [5, 5.41) is 0. The van der Waals surface area contributed by atoms with Gasteiger partial charge in [-0.25, -0.2) is 0 Å². The van der Waals surface area contributed by atoms with Crippen molar-refractivity contribution in [2.45, 2.75) is 25.7 Å². The van der Waals surface area contributed by atoms with Crippen LogP contribution in [0.5, 0.6) is 0 Å². The molecule has 84 valence electrons. The van der Waals surface area contributed by atoms with E-state index in [0.29, 0.717) is 0 Å². The molecule has 1 aliphatic heterocycles. The second kappa shape index (κ2) is 4.79. The Hall–Kier alpha value is -0.830. The number of rotatable bonds is 3. The first-order valence-electron chi connectivity index (χ1n) is 5.92. The summed E-state index contributed by atoms with van der Waals surface area (Å²) in [5.41, 5.74) is 5.32. The van der Waals surface area contributed by atoms with Crippen LogP contribution in [0.2, 0.25) is 0 Å². The van der Waals surface area contributed by atoms with Gasteiger partial charge in [0, 0.05) is 13.1 Å². The molecule has 0 aromatic carbocycles. The van der Waals surface area contributed by atoms with Gasteiger partial charge in [0.25, 0.3) is 0 Å². The minimum absolute atomic E-state index is 0.101. The molecule has 0 aromatic rings. The lowest BCUT2D eigenvalue weighted by Gasteiger charge is -2.24. The van der Waals surface area contributed by atoms with Crippen LogP contribution in [0, 0.1) is 11.8 Å². The van der Waals surface area contributed by atoms with Crippen LogP contribution in [0.3, 0.4) is 0 Å². The highest BCUT2D eigenvalue weighted by Crippen LogP contribution is 2.23. The molecule has 1 aliphatic carbocycles. The molecule has 0 spiro atoms. The average molecular weight is 208 g/mol. The van der Waals surface area contributed by atoms with E-state index < -0.39 is 0 Å². The summed E-state index contributed by atoms with van der Waals surface area (Å²) in [5.74, 6) is 0.770. The van der Waals surface area contributed by atoms with Crippen LogP contribution in [-0.2, 0) is 4.79 Å². The topological polar surface area (TPSA) is 46.3 Å². The Balaban J connectivity index is 1.76. The van der Waals surface area contributed by atoms with Crippen molar-refractivity contribution in [3.8, 4) is 0 Å². The molecule has 3 nitrogen and oxygen atoms in total. The molecule has 1 heterocycles. The van der Waals surface area contributed by atoms with E-state index in [0.717, 1.165) is 32.0 Å². The first-order valence-corrected chi connectivity index (χ1v) is 5.92. The third kappa shape index (κ3) is 2.81. The van der Waals surface area contributed by atoms with E-state index in [1.165, 1.54) is 19.3 Å². The zero-order chi connectivity index (χ0) is 10.7. The lowest BCUT2D eigenvalue weighted by molar-refractivity contribution is -0.121. The fourth-order valence-electron chi connectivity index (χ4n) is 2.62. The average Bonchev–Trinajstić information content (AvgIpc) is 2.68. The van der Waals surface area contributed by atoms with E-state index in [2.05, 4.69) is 17.1 Å². The number of carbonyl (C=O) groups is 1. The van der Waals surface area contributed by atoms with Crippen molar-refractivity contribution in [2.24, 2.45) is 17.6 Å². The van der Waals surface area contributed by atoms with Crippen LogP contribution in [-0.4, -0.2) is 30.4 Å². The van der Waals surface area contributed by atoms with E-state index in [4.69, 9.17) is 5.73 Å². The Morgan fingerprint density at radius 1 is 1.40 bits per heavy atom. The van der Waals surface area contributed by atoms with E-state index in [-0.39, 0.29) is 11.8 Å². The Labute approximate surface area is 91.3 Å². The fourth-order valence-corrected chi connectivity index (χ4v) is 2.62. The molecule has 3 heteroatoms. The number of hydrogen-bond acceptors (Lipinski definition) is 2. The summed E-state index contributed by atoms with van der Waals surface area (Å²) in [6.07, 6.45) is 9.24. The molecule has 0 bridgehead atoms. The number of hydrogen-bond donors (Lipinski definition) is 1. The van der Waals surface area contributed by atoms with Gasteiger partial charge in [-0.3, -0.25) is 4.79 Å². The molecule has 0 aromatic heterocycles. The fraction of sp³-hybridized carbons (Fsp3) is 0.750. The maximum absolute atomic E-state index is 11.0. The third-order valence-corrected chi connectivity index (χ3v) is 3.57. The van der Waals surface area contributed by atoms with Crippen molar-refractivity contribution in [3.05, 3.63) is 12.2 Å². The van der Waals surface area contributed by atoms with E-state index >= 15 is 0 Å². The molecular weight excluding hydrogens is 188 g/mol. The van der Waals surface area contributed by atoms with Gasteiger partial charge in [-0.2, -0.15) is 0 Å². The molecule has 2 aliphatic rings. The summed E-state index contributed by atoms with van der Waals surface area (Å²) < 4.78 is 0. The molecule has 2 atom stereocenters. The maximum Gasteiger partial charge on any atom is 0.221 e. The maximum atomic E-state index is 11.0. The molecule has 1 amide bonds. The van der Waals surface area contributed by atoms with Crippen molar-refractivity contribution in [1.82, 2.24) is 4.90 Å². The van der Waals surface area contributed by atoms with Crippen molar-refractivity contribution in [2.75, 3.05) is 19.6 Å². The summed E-state index contributed by atoms with van der Waals surface area (Å²) in [7, 11) is 0. The van der Waals surface area contributed by atoms with Crippen LogP contribution in [0.15, 0.2) is 12.2 Å². The number of amides is 1. The van der Waals surface area contributed by atoms with Crippen LogP contribution in [0.4, 0.5) is 0 Å². The Morgan fingerprint density at radius 3 is 2.87 bits per heavy atom. The molecular formula is C12H20N2O. The summed E-state index contributed by atoms with van der Waals surface area (Å²) in [4.78, 5) is 13.4. The zero-order valence-corrected chi connectivity index (χ0v) is 9.19. The summed E-state index contributed by atoms with van der Waals surface area (Å²) in [6, 6.07) is 0. The number of likely N-dealkylation sites (tertiary alicyclic amines) is 1. The molecule has 0 saturated carbocycles. The standard InChI is InChI=1S/C12H20N2O/c13-12(15)11-6-7-14(9-11)8-10-4-2-1-3-5-10/h1-2,10-11H,3-9H2,(H2,13,15)/t10-,11+/m0/s1. The van der Waals surface area contributed by atoms with Crippen LogP contribution >= 0.6 is 0 Å². The van der Waals surface area contributed by atoms with Crippen LogP contribution < -0.4 is 5.73 Å². The smallest absolute Gasteiger partial charge is 0.221 e. The van der Waals surface area contributed by atoms with Gasteiger partial charge >= 0.3 is 0 Å². The van der Waals surface area contributed by atoms with Crippen LogP contribution in [0.25, 0.3) is 0 Å². The zero-order valence-electron chi connectivity index (χ0n) is 9.19. The first kappa shape index (κ1) is 10.7. The van der Waals surface area contributed by atoms with Crippen molar-refractivity contribution >= 4 is 5.91 Å². The summed E-state index contributed by atoms with van der Waals surface area (Å²) in [6.45, 7) is 3.08. The number of nitrogens with two attached hydrogens (primary N) is 1. The van der Waals surface area contributed by atoms with E-state index in [9.17, 15) is 4.79 Å². The minimum atomic E-state index is -0.124. The molecule has 2 N–H and O–H groups in total. The molecule has 0 radical (unpaired) electrons. The van der Waals surface area contributed by atoms with E-state index in [1.807, 2.05) is 0 Å². The molecule has 1 saturated heterocycles. The highest BCUT2D eigenvalue weighted by molar-refractivity contribution is 5.77. The highest BCUT2D eigenvalue weighted by atomic mass is 16.1. The van der Waals surface area contributed by atoms with Crippen molar-refractivity contribution in [1.29, 1.82) is 0 Å². The monoisotopic (exact) mass is 208 g/mol. The SMILES string of the molecule is NC(=O)[C@@H]1CCN(C[C@H]2CC=CCC2)C1. The number of carbonyl (C=O) groups excluding carboxylic acids is 1. The molecule has 0 unspecified atom stereocenters. The van der Waals surface area contributed by atoms with Crippen molar-refractivity contribution < 1.29 is 4.79 Å². The van der Waals surface area contributed by atoms with Gasteiger partial charge in [0.05, 0.1) is 5.92 Å². The van der Waals surface area contributed by atoms with Gasteiger partial charge in [0.15, 0.2) is 0 Å². The van der Waals surface area contributed by atoms with Crippen molar-refractivity contribution in [3.63, 3.8) is 0 Å². The summed E-state index contributed by atoms with van der Waals surface area (Å²) >= 11 is 0. The van der Waals surface area contributed by atoms with Gasteiger partial charge in [-0.15, -0.1) is 0 Å². The predicted octanol–water partition coefficient (Wildman–Crippen LogP) is 1.15. The normalized spacial score (nSPS) is 32.0. The Kier molecular flexibility index (Phi) is 3.41. The van der Waals surface area contributed by atoms with Gasteiger partial charge in [0.1, 0.15) is 0 Å². The lowest BCUT2D eigenvalue weighted by Crippen LogP contribution is -2.31. The first-order chi connectivity index (χ1) is 7.25. The molecule has 1 fully saturated rings. The number of nitrogens with zero attached hydrogens (tertiary/aromatic N) is 1. The highest BCUT2D eigenvalue weighted by Gasteiger charge is 2.27. The molecule has 2 rings (SSSR count). The van der Waals surface area contributed by atoms with Gasteiger partial charge in [0.2, 0.25) is 5.91 Å². The largest absolute Gasteiger partial charge is 0.369 e. The second-order valence-electron chi connectivity index (χ2n) is 4.80. The Morgan fingerprint density at radius 2 is 2.27 bits per heavy atom. The minimum Gasteiger partial charge on any atom is -0.369 e. The Bertz CT molecular complexity index is 262. The van der Waals surface area contributed by atoms with Gasteiger partial charge < -0.3 is 10.6 Å². The van der Waals surface area contributed by atoms with Gasteiger partial charge in [-0.05, 0) is 38.1 Å². The molecule has 15 heavy (non-hydrogen) atoms. The number of allylic oxidation sites excluding steroid dienone is 2. The van der Waals surface area contributed by atoms with Crippen LogP contribution in [0.1, 0.15) is 25.7 Å². The third-order valence-electron chi connectivity index (χ3n) is 3.57. The number of primary amides is 1. The van der Waals surface area contributed by atoms with Gasteiger partial charge in [-0.1, -0.05) is 12.2 Å². The lowest BCUT2D eigenvalue weighted by atomic mass is 9.94. The second-order valence-corrected chi connectivity index (χ2v) is 4.80. The van der Waals surface area contributed by atoms with E-state index in [1.54, 1.807) is 0 Å². The quantitative estimate of drug-likeness (QED) is 0.707.